The summed E-state index contributed by atoms with van der Waals surface area (Å²) >= 11 is 0. The molecule has 0 bridgehead atoms. The van der Waals surface area contributed by atoms with Crippen LogP contribution in [0.4, 0.5) is 4.39 Å². The number of alkyl halides is 1. The number of aliphatic hydroxyl groups excluding tert-OH is 2. The molecule has 1 aromatic rings. The molecular formula is C18H29FN4O9. The van der Waals surface area contributed by atoms with Crippen LogP contribution in [0.25, 0.3) is 0 Å². The third-order valence-electron chi connectivity index (χ3n) is 5.43. The first-order valence-corrected chi connectivity index (χ1v) is 10.2. The Kier molecular flexibility index (Phi) is 8.27. The number of aromatic nitrogens is 2. The van der Waals surface area contributed by atoms with Gasteiger partial charge >= 0.3 is 11.6 Å². The molecule has 0 aromatic carbocycles. The zero-order chi connectivity index (χ0) is 24.3. The lowest BCUT2D eigenvalue weighted by atomic mass is 9.99. The van der Waals surface area contributed by atoms with E-state index < -0.39 is 64.5 Å². The number of ether oxygens (including phenoxy) is 1. The Hall–Kier alpha value is -2.20. The van der Waals surface area contributed by atoms with Crippen LogP contribution < -0.4 is 17.0 Å². The van der Waals surface area contributed by atoms with Crippen LogP contribution in [0.5, 0.6) is 0 Å². The molecule has 1 unspecified atom stereocenters. The van der Waals surface area contributed by atoms with E-state index in [1.54, 1.807) is 4.98 Å². The number of halogens is 1. The van der Waals surface area contributed by atoms with Crippen LogP contribution in [-0.2, 0) is 10.6 Å². The fourth-order valence-electron chi connectivity index (χ4n) is 3.59. The summed E-state index contributed by atoms with van der Waals surface area (Å²) in [6.45, 7) is 0.972. The number of H-pyrrole nitrogens is 1. The zero-order valence-corrected chi connectivity index (χ0v) is 17.5. The maximum atomic E-state index is 14.8. The van der Waals surface area contributed by atoms with Gasteiger partial charge in [0.1, 0.15) is 17.8 Å². The fourth-order valence-corrected chi connectivity index (χ4v) is 3.59. The van der Waals surface area contributed by atoms with E-state index in [1.807, 2.05) is 6.92 Å². The molecule has 1 aliphatic heterocycles. The van der Waals surface area contributed by atoms with Crippen LogP contribution in [0.3, 0.4) is 0 Å². The molecule has 2 heterocycles. The number of amides is 1. The molecule has 0 saturated carbocycles. The number of carbonyl (C=O) groups is 1. The van der Waals surface area contributed by atoms with Gasteiger partial charge in [0, 0.05) is 6.20 Å². The van der Waals surface area contributed by atoms with Gasteiger partial charge in [0.2, 0.25) is 5.72 Å². The molecule has 32 heavy (non-hydrogen) atoms. The van der Waals surface area contributed by atoms with Crippen molar-refractivity contribution in [1.82, 2.24) is 14.6 Å². The highest BCUT2D eigenvalue weighted by atomic mass is 19.1. The molecule has 0 spiro atoms. The first-order valence-electron chi connectivity index (χ1n) is 10.2. The van der Waals surface area contributed by atoms with Gasteiger partial charge in [0.25, 0.3) is 11.5 Å². The number of aromatic amines is 1. The first kappa shape index (κ1) is 26.1. The summed E-state index contributed by atoms with van der Waals surface area (Å²) in [6.07, 6.45) is -2.78. The molecule has 0 aliphatic carbocycles. The van der Waals surface area contributed by atoms with E-state index in [-0.39, 0.29) is 17.4 Å². The van der Waals surface area contributed by atoms with Crippen molar-refractivity contribution in [3.8, 4) is 0 Å². The van der Waals surface area contributed by atoms with Crippen molar-refractivity contribution < 1.29 is 39.6 Å². The van der Waals surface area contributed by atoms with Gasteiger partial charge in [-0.3, -0.25) is 14.6 Å². The Morgan fingerprint density at radius 3 is 2.53 bits per heavy atom. The van der Waals surface area contributed by atoms with Gasteiger partial charge in [-0.25, -0.2) is 13.8 Å². The third kappa shape index (κ3) is 4.47. The number of carbonyl (C=O) groups excluding carboxylic acids is 1. The molecule has 13 nitrogen and oxygen atoms in total. The lowest BCUT2D eigenvalue weighted by Gasteiger charge is -2.43. The number of hydrogen-bond donors (Lipinski definition) is 7. The summed E-state index contributed by atoms with van der Waals surface area (Å²) < 4.78 is 19.9. The van der Waals surface area contributed by atoms with Gasteiger partial charge in [-0.2, -0.15) is 0 Å². The predicted octanol–water partition coefficient (Wildman–Crippen LogP) is -1.97. The van der Waals surface area contributed by atoms with Crippen LogP contribution in [0, 0.1) is 0 Å². The Morgan fingerprint density at radius 1 is 1.34 bits per heavy atom. The second-order valence-corrected chi connectivity index (χ2v) is 7.64. The molecule has 1 saturated heterocycles. The van der Waals surface area contributed by atoms with Crippen LogP contribution >= 0.6 is 0 Å². The average Bonchev–Trinajstić information content (AvgIpc) is 2.94. The van der Waals surface area contributed by atoms with E-state index in [9.17, 15) is 44.4 Å². The molecule has 8 N–H and O–H groups in total. The van der Waals surface area contributed by atoms with Crippen molar-refractivity contribution in [2.45, 2.75) is 75.6 Å². The van der Waals surface area contributed by atoms with Crippen molar-refractivity contribution in [3.05, 3.63) is 32.6 Å². The molecule has 1 amide bonds. The van der Waals surface area contributed by atoms with Gasteiger partial charge in [-0.1, -0.05) is 32.6 Å². The molecule has 14 heteroatoms. The van der Waals surface area contributed by atoms with Crippen molar-refractivity contribution in [1.29, 1.82) is 0 Å². The van der Waals surface area contributed by atoms with Crippen LogP contribution in [0.2, 0.25) is 0 Å². The third-order valence-corrected chi connectivity index (χ3v) is 5.43. The number of nitrogens with two attached hydrogens (primary N) is 1. The molecule has 1 fully saturated rings. The molecular weight excluding hydrogens is 435 g/mol. The normalized spacial score (nSPS) is 28.9. The van der Waals surface area contributed by atoms with E-state index >= 15 is 0 Å². The summed E-state index contributed by atoms with van der Waals surface area (Å²) in [6, 6.07) is 0. The summed E-state index contributed by atoms with van der Waals surface area (Å²) in [7, 11) is 0. The van der Waals surface area contributed by atoms with Gasteiger partial charge in [-0.05, 0) is 12.8 Å². The van der Waals surface area contributed by atoms with Crippen LogP contribution in [0.15, 0.2) is 15.8 Å². The molecule has 182 valence electrons. The standard InChI is InChI=1S/C18H29FN4O9/c1-2-3-4-5-6-7-12(19)23(31)17(29)13(25)11(9-24)32-18(17,30)22-8-10(14(20)26)15(27)21-16(22)28/h8,11-13,24-25,29-31H,2-7,9H2,1H3,(H2,20,26)(H,21,27,28)/t11-,12?,13-,17-,18-/m1/s1. The first-order chi connectivity index (χ1) is 14.9. The number of hydrogen-bond acceptors (Lipinski definition) is 10. The lowest BCUT2D eigenvalue weighted by Crippen LogP contribution is -2.70. The fraction of sp³-hybridized carbons (Fsp3) is 0.722. The molecule has 0 radical (unpaired) electrons. The quantitative estimate of drug-likeness (QED) is 0.0830. The number of nitrogens with zero attached hydrogens (tertiary/aromatic N) is 2. The molecule has 1 aromatic heterocycles. The summed E-state index contributed by atoms with van der Waals surface area (Å²) in [5, 5.41) is 52.0. The van der Waals surface area contributed by atoms with Crippen molar-refractivity contribution in [2.75, 3.05) is 6.61 Å². The number of aliphatic hydroxyl groups is 4. The maximum absolute atomic E-state index is 14.8. The number of rotatable bonds is 11. The van der Waals surface area contributed by atoms with Crippen molar-refractivity contribution in [3.63, 3.8) is 0 Å². The van der Waals surface area contributed by atoms with E-state index in [0.717, 1.165) is 19.3 Å². The molecule has 1 aliphatic rings. The number of primary amides is 1. The lowest BCUT2D eigenvalue weighted by molar-refractivity contribution is -0.428. The number of unbranched alkanes of at least 4 members (excludes halogenated alkanes) is 4. The second-order valence-electron chi connectivity index (χ2n) is 7.64. The topological polar surface area (TPSA) is 212 Å². The SMILES string of the molecule is CCCCCCCC(F)N(O)[C@@]1(O)[C@H](O)[C@@H](CO)O[C@@]1(O)n1cc(C(N)=O)c(=O)[nH]c1=O. The Morgan fingerprint density at radius 2 is 1.97 bits per heavy atom. The van der Waals surface area contributed by atoms with Crippen molar-refractivity contribution >= 4 is 5.91 Å². The minimum absolute atomic E-state index is 0.0601. The zero-order valence-electron chi connectivity index (χ0n) is 17.5. The van der Waals surface area contributed by atoms with Gasteiger partial charge < -0.3 is 36.1 Å². The monoisotopic (exact) mass is 464 g/mol. The summed E-state index contributed by atoms with van der Waals surface area (Å²) in [4.78, 5) is 37.2. The van der Waals surface area contributed by atoms with Gasteiger partial charge in [0.05, 0.1) is 6.61 Å². The van der Waals surface area contributed by atoms with Gasteiger partial charge in [-0.15, -0.1) is 5.06 Å². The predicted molar refractivity (Wildman–Crippen MR) is 105 cm³/mol. The van der Waals surface area contributed by atoms with Crippen LogP contribution in [-0.4, -0.2) is 77.0 Å². The van der Waals surface area contributed by atoms with Crippen LogP contribution in [0.1, 0.15) is 55.8 Å². The largest absolute Gasteiger partial charge is 0.394 e. The number of hydroxylamine groups is 2. The van der Waals surface area contributed by atoms with E-state index in [1.165, 1.54) is 0 Å². The molecule has 5 atom stereocenters. The highest BCUT2D eigenvalue weighted by Gasteiger charge is 2.71. The Bertz CT molecular complexity index is 924. The highest BCUT2D eigenvalue weighted by molar-refractivity contribution is 5.91. The minimum Gasteiger partial charge on any atom is -0.394 e. The minimum atomic E-state index is -3.45. The van der Waals surface area contributed by atoms with E-state index in [4.69, 9.17) is 10.5 Å². The van der Waals surface area contributed by atoms with E-state index in [2.05, 4.69) is 0 Å². The van der Waals surface area contributed by atoms with Crippen molar-refractivity contribution in [2.24, 2.45) is 5.73 Å². The van der Waals surface area contributed by atoms with E-state index in [0.29, 0.717) is 12.6 Å². The maximum Gasteiger partial charge on any atom is 0.332 e. The highest BCUT2D eigenvalue weighted by Crippen LogP contribution is 2.44. The second kappa shape index (κ2) is 10.2. The Balaban J connectivity index is 2.49. The smallest absolute Gasteiger partial charge is 0.332 e. The summed E-state index contributed by atoms with van der Waals surface area (Å²) in [5.41, 5.74) is -1.91. The number of nitrogens with one attached hydrogen (secondary N) is 1. The van der Waals surface area contributed by atoms with Gasteiger partial charge in [0.15, 0.2) is 6.30 Å². The Labute approximate surface area is 181 Å². The summed E-state index contributed by atoms with van der Waals surface area (Å²) in [5.74, 6) is -4.77. The average molecular weight is 464 g/mol. The molecule has 2 rings (SSSR count).